The van der Waals surface area contributed by atoms with Gasteiger partial charge < -0.3 is 34.3 Å². The summed E-state index contributed by atoms with van der Waals surface area (Å²) in [5.74, 6) is -0.947. The van der Waals surface area contributed by atoms with Gasteiger partial charge in [-0.25, -0.2) is 0 Å². The number of carbonyl (C=O) groups is 3. The number of benzene rings is 4. The number of rotatable bonds is 11. The molecular weight excluding hydrogens is 587 g/mol. The molecule has 0 heterocycles. The molecule has 0 aliphatic heterocycles. The molecule has 4 rings (SSSR count). The predicted molar refractivity (Wildman–Crippen MR) is 166 cm³/mol. The van der Waals surface area contributed by atoms with Crippen LogP contribution in [0.4, 0.5) is 0 Å². The molecule has 4 aromatic rings. The summed E-state index contributed by atoms with van der Waals surface area (Å²) < 4.78 is 15.1. The molecule has 0 aromatic heterocycles. The van der Waals surface area contributed by atoms with Crippen LogP contribution in [0.1, 0.15) is 36.0 Å². The van der Waals surface area contributed by atoms with Gasteiger partial charge in [-0.2, -0.15) is 0 Å². The first-order chi connectivity index (χ1) is 21.0. The topological polar surface area (TPSA) is 142 Å². The minimum absolute atomic E-state index is 0. The fraction of sp³-hybridized carbons (Fsp3) is 0.171. The van der Waals surface area contributed by atoms with Crippen LogP contribution in [-0.2, 0) is 14.4 Å². The molecule has 1 atom stereocenters. The van der Waals surface area contributed by atoms with Gasteiger partial charge >= 0.3 is 29.6 Å². The summed E-state index contributed by atoms with van der Waals surface area (Å²) in [5, 5.41) is 31.9. The van der Waals surface area contributed by atoms with E-state index in [9.17, 15) is 29.7 Å². The van der Waals surface area contributed by atoms with Gasteiger partial charge in [0.25, 0.3) is 0 Å². The Hall–Kier alpha value is -4.57. The second-order valence-corrected chi connectivity index (χ2v) is 9.65. The first kappa shape index (κ1) is 36.6. The van der Waals surface area contributed by atoms with Gasteiger partial charge in [0.15, 0.2) is 34.6 Å². The van der Waals surface area contributed by atoms with Gasteiger partial charge in [0.05, 0.1) is 27.8 Å². The summed E-state index contributed by atoms with van der Waals surface area (Å²) in [5.41, 5.74) is 2.08. The molecule has 0 spiro atoms. The van der Waals surface area contributed by atoms with E-state index in [4.69, 9.17) is 14.2 Å². The molecule has 0 radical (unpaired) electrons. The van der Waals surface area contributed by atoms with Crippen LogP contribution in [0.25, 0.3) is 22.9 Å². The van der Waals surface area contributed by atoms with Crippen molar-refractivity contribution in [3.8, 4) is 28.7 Å². The van der Waals surface area contributed by atoms with E-state index in [-0.39, 0.29) is 59.0 Å². The van der Waals surface area contributed by atoms with Crippen molar-refractivity contribution < 1.29 is 73.5 Å². The summed E-state index contributed by atoms with van der Waals surface area (Å²) in [4.78, 5) is 34.7. The summed E-state index contributed by atoms with van der Waals surface area (Å²) >= 11 is 0. The first-order valence-electron chi connectivity index (χ1n) is 13.5. The van der Waals surface area contributed by atoms with Crippen LogP contribution >= 0.6 is 0 Å². The molecule has 0 bridgehead atoms. The molecule has 0 saturated carbocycles. The Labute approximate surface area is 283 Å². The Balaban J connectivity index is 0.000000337. The van der Waals surface area contributed by atoms with E-state index < -0.39 is 11.9 Å². The van der Waals surface area contributed by atoms with E-state index in [2.05, 4.69) is 0 Å². The molecule has 0 aliphatic carbocycles. The zero-order valence-corrected chi connectivity index (χ0v) is 27.8. The minimum Gasteiger partial charge on any atom is -0.550 e. The fourth-order valence-electron chi connectivity index (χ4n) is 4.04. The van der Waals surface area contributed by atoms with Gasteiger partial charge in [-0.3, -0.25) is 9.59 Å². The molecule has 0 unspecified atom stereocenters. The van der Waals surface area contributed by atoms with Crippen molar-refractivity contribution in [2.45, 2.75) is 19.3 Å². The van der Waals surface area contributed by atoms with Gasteiger partial charge in [-0.05, 0) is 76.0 Å². The van der Waals surface area contributed by atoms with Crippen LogP contribution in [0, 0.1) is 0 Å². The van der Waals surface area contributed by atoms with Crippen LogP contribution in [0.2, 0.25) is 0 Å². The number of carboxylic acid groups (broad SMARTS) is 1. The number of phenolic OH excluding ortho intramolecular Hbond substituents is 2. The molecule has 2 N–H and O–H groups in total. The van der Waals surface area contributed by atoms with Gasteiger partial charge in [-0.15, -0.1) is 0 Å². The molecule has 9 nitrogen and oxygen atoms in total. The quantitative estimate of drug-likeness (QED) is 0.146. The maximum absolute atomic E-state index is 11.9. The Kier molecular flexibility index (Phi) is 14.4. The number of ketones is 2. The number of carbonyl (C=O) groups excluding carboxylic acids is 3. The third kappa shape index (κ3) is 10.8. The standard InChI is InChI=1S/C21H20O6.C14H14O3.Na/c1-26-20-11-14(5-9-18(20)24)3-7-16(22)13-17(23)8-4-15-6-10-19(25)21(12-15)27-2;1-9(14(15)16)10-3-4-12-8-13(17-2)6-5-11(12)7-10;/h3-12,24-25H,13H2,1-2H3;3-9H,1-2H3,(H,15,16);/q;;+1/p-1/b7-3+,8-4+;;/t;9-;/m.0./s1. The minimum atomic E-state index is -1.06. The van der Waals surface area contributed by atoms with Crippen LogP contribution in [0.5, 0.6) is 28.7 Å². The smallest absolute Gasteiger partial charge is 0.550 e. The van der Waals surface area contributed by atoms with Crippen molar-refractivity contribution in [2.75, 3.05) is 21.3 Å². The van der Waals surface area contributed by atoms with Gasteiger partial charge in [0.1, 0.15) is 5.75 Å². The average molecular weight is 621 g/mol. The van der Waals surface area contributed by atoms with E-state index in [0.717, 1.165) is 22.1 Å². The van der Waals surface area contributed by atoms with Crippen LogP contribution in [0.3, 0.4) is 0 Å². The summed E-state index contributed by atoms with van der Waals surface area (Å²) in [6.07, 6.45) is 5.44. The zero-order chi connectivity index (χ0) is 32.2. The Bertz CT molecular complexity index is 1640. The van der Waals surface area contributed by atoms with E-state index in [0.29, 0.717) is 22.6 Å². The molecule has 228 valence electrons. The number of ether oxygens (including phenoxy) is 3. The number of methoxy groups -OCH3 is 3. The monoisotopic (exact) mass is 620 g/mol. The molecule has 10 heteroatoms. The SMILES string of the molecule is COc1cc(/C=C/C(=O)CC(=O)/C=C/c2ccc(O)c(OC)c2)ccc1O.COc1ccc2cc([C@H](C)C(=O)[O-])ccc2c1.[Na+]. The van der Waals surface area contributed by atoms with Crippen molar-refractivity contribution in [2.24, 2.45) is 0 Å². The van der Waals surface area contributed by atoms with Gasteiger partial charge in [0, 0.05) is 11.9 Å². The second kappa shape index (κ2) is 17.7. The number of aromatic hydroxyl groups is 2. The van der Waals surface area contributed by atoms with Gasteiger partial charge in [-0.1, -0.05) is 55.5 Å². The van der Waals surface area contributed by atoms with Crippen LogP contribution in [0.15, 0.2) is 84.9 Å². The van der Waals surface area contributed by atoms with Gasteiger partial charge in [0.2, 0.25) is 0 Å². The summed E-state index contributed by atoms with van der Waals surface area (Å²) in [6, 6.07) is 20.6. The van der Waals surface area contributed by atoms with E-state index >= 15 is 0 Å². The number of hydrogen-bond acceptors (Lipinski definition) is 9. The number of phenols is 2. The normalized spacial score (nSPS) is 11.3. The fourth-order valence-corrected chi connectivity index (χ4v) is 4.04. The third-order valence-electron chi connectivity index (χ3n) is 6.60. The summed E-state index contributed by atoms with van der Waals surface area (Å²) in [6.45, 7) is 1.63. The molecule has 0 saturated heterocycles. The van der Waals surface area contributed by atoms with Crippen molar-refractivity contribution in [3.05, 3.63) is 102 Å². The van der Waals surface area contributed by atoms with E-state index in [1.807, 2.05) is 36.4 Å². The van der Waals surface area contributed by atoms with Crippen molar-refractivity contribution in [3.63, 3.8) is 0 Å². The summed E-state index contributed by atoms with van der Waals surface area (Å²) in [7, 11) is 4.48. The van der Waals surface area contributed by atoms with Crippen molar-refractivity contribution in [1.29, 1.82) is 0 Å². The van der Waals surface area contributed by atoms with E-state index in [1.54, 1.807) is 50.5 Å². The molecule has 0 aliphatic rings. The number of hydrogen-bond donors (Lipinski definition) is 2. The molecule has 0 fully saturated rings. The Morgan fingerprint density at radius 1 is 0.711 bits per heavy atom. The molecule has 4 aromatic carbocycles. The number of allylic oxidation sites excluding steroid dienone is 2. The maximum atomic E-state index is 11.9. The third-order valence-corrected chi connectivity index (χ3v) is 6.60. The number of aliphatic carboxylic acids is 1. The molecule has 45 heavy (non-hydrogen) atoms. The number of fused-ring (bicyclic) bond motifs is 1. The largest absolute Gasteiger partial charge is 1.00 e. The molecular formula is C35H33NaO9. The Morgan fingerprint density at radius 3 is 1.67 bits per heavy atom. The van der Waals surface area contributed by atoms with Crippen LogP contribution < -0.4 is 48.9 Å². The Morgan fingerprint density at radius 2 is 1.20 bits per heavy atom. The average Bonchev–Trinajstić information content (AvgIpc) is 3.03. The van der Waals surface area contributed by atoms with Crippen LogP contribution in [-0.4, -0.2) is 49.1 Å². The van der Waals surface area contributed by atoms with Crippen molar-refractivity contribution >= 4 is 40.5 Å². The molecule has 0 amide bonds. The van der Waals surface area contributed by atoms with Crippen molar-refractivity contribution in [1.82, 2.24) is 0 Å². The maximum Gasteiger partial charge on any atom is 1.00 e. The number of carboxylic acids is 1. The zero-order valence-electron chi connectivity index (χ0n) is 25.8. The second-order valence-electron chi connectivity index (χ2n) is 9.65. The first-order valence-corrected chi connectivity index (χ1v) is 13.5. The predicted octanol–water partition coefficient (Wildman–Crippen LogP) is 2.08. The van der Waals surface area contributed by atoms with E-state index in [1.165, 1.54) is 38.5 Å².